The third-order valence-corrected chi connectivity index (χ3v) is 5.63. The first-order chi connectivity index (χ1) is 11.7. The standard InChI is InChI=1S/C16H19ClN4O2S/c17-13-4-5-15(19-16(13)14-3-1-2-6-18-14)20-7-9-21(10-8-20)24(23)12-11-22/h1-6,22H,7-12H2. The van der Waals surface area contributed by atoms with E-state index in [9.17, 15) is 4.21 Å². The van der Waals surface area contributed by atoms with Crippen LogP contribution < -0.4 is 4.90 Å². The number of nitrogens with zero attached hydrogens (tertiary/aromatic N) is 4. The van der Waals surface area contributed by atoms with E-state index in [1.807, 2.05) is 34.6 Å². The summed E-state index contributed by atoms with van der Waals surface area (Å²) >= 11 is 6.28. The molecule has 1 aliphatic rings. The second kappa shape index (κ2) is 8.02. The molecular formula is C16H19ClN4O2S. The minimum Gasteiger partial charge on any atom is -0.395 e. The number of aliphatic hydroxyl groups is 1. The number of hydrogen-bond donors (Lipinski definition) is 1. The normalized spacial score (nSPS) is 17.0. The van der Waals surface area contributed by atoms with Crippen molar-refractivity contribution in [2.45, 2.75) is 0 Å². The van der Waals surface area contributed by atoms with Crippen molar-refractivity contribution in [2.75, 3.05) is 43.4 Å². The lowest BCUT2D eigenvalue weighted by Gasteiger charge is -2.34. The third-order valence-electron chi connectivity index (χ3n) is 3.86. The van der Waals surface area contributed by atoms with Crippen LogP contribution in [0.25, 0.3) is 11.4 Å². The molecule has 8 heteroatoms. The second-order valence-electron chi connectivity index (χ2n) is 5.38. The molecule has 1 aliphatic heterocycles. The average molecular weight is 367 g/mol. The largest absolute Gasteiger partial charge is 0.395 e. The second-order valence-corrected chi connectivity index (χ2v) is 7.35. The minimum absolute atomic E-state index is 0.0565. The Labute approximate surface area is 148 Å². The van der Waals surface area contributed by atoms with Gasteiger partial charge in [0.25, 0.3) is 0 Å². The van der Waals surface area contributed by atoms with Crippen molar-refractivity contribution < 1.29 is 9.32 Å². The van der Waals surface area contributed by atoms with Crippen LogP contribution in [0.15, 0.2) is 36.5 Å². The highest BCUT2D eigenvalue weighted by molar-refractivity contribution is 7.82. The van der Waals surface area contributed by atoms with E-state index in [-0.39, 0.29) is 6.61 Å². The Morgan fingerprint density at radius 2 is 1.96 bits per heavy atom. The fourth-order valence-electron chi connectivity index (χ4n) is 2.62. The molecule has 0 spiro atoms. The maximum atomic E-state index is 11.9. The summed E-state index contributed by atoms with van der Waals surface area (Å²) in [6, 6.07) is 9.38. The highest BCUT2D eigenvalue weighted by Gasteiger charge is 2.22. The molecule has 2 aromatic rings. The molecule has 2 aromatic heterocycles. The van der Waals surface area contributed by atoms with Gasteiger partial charge in [-0.3, -0.25) is 4.98 Å². The molecular weight excluding hydrogens is 348 g/mol. The molecule has 1 atom stereocenters. The van der Waals surface area contributed by atoms with Crippen molar-refractivity contribution >= 4 is 28.4 Å². The zero-order valence-corrected chi connectivity index (χ0v) is 14.7. The van der Waals surface area contributed by atoms with Crippen LogP contribution in [-0.2, 0) is 11.0 Å². The lowest BCUT2D eigenvalue weighted by atomic mass is 10.2. The van der Waals surface area contributed by atoms with E-state index < -0.39 is 11.0 Å². The van der Waals surface area contributed by atoms with Crippen LogP contribution in [0.4, 0.5) is 5.82 Å². The molecule has 128 valence electrons. The summed E-state index contributed by atoms with van der Waals surface area (Å²) in [5, 5.41) is 9.47. The van der Waals surface area contributed by atoms with Crippen molar-refractivity contribution in [3.05, 3.63) is 41.6 Å². The Balaban J connectivity index is 1.74. The molecule has 3 rings (SSSR count). The number of halogens is 1. The van der Waals surface area contributed by atoms with E-state index in [1.165, 1.54) is 0 Å². The van der Waals surface area contributed by atoms with Gasteiger partial charge in [0.15, 0.2) is 0 Å². The van der Waals surface area contributed by atoms with Crippen molar-refractivity contribution in [3.8, 4) is 11.4 Å². The molecule has 0 saturated carbocycles. The molecule has 0 aliphatic carbocycles. The first kappa shape index (κ1) is 17.3. The van der Waals surface area contributed by atoms with Crippen LogP contribution in [-0.4, -0.2) is 62.1 Å². The van der Waals surface area contributed by atoms with E-state index in [0.29, 0.717) is 29.6 Å². The highest BCUT2D eigenvalue weighted by atomic mass is 35.5. The first-order valence-electron chi connectivity index (χ1n) is 7.76. The lowest BCUT2D eigenvalue weighted by molar-refractivity contribution is 0.317. The van der Waals surface area contributed by atoms with Gasteiger partial charge in [-0.1, -0.05) is 17.7 Å². The van der Waals surface area contributed by atoms with Crippen molar-refractivity contribution in [2.24, 2.45) is 0 Å². The summed E-state index contributed by atoms with van der Waals surface area (Å²) in [5.74, 6) is 1.14. The monoisotopic (exact) mass is 366 g/mol. The molecule has 1 saturated heterocycles. The van der Waals surface area contributed by atoms with Gasteiger partial charge in [-0.05, 0) is 24.3 Å². The Morgan fingerprint density at radius 1 is 1.17 bits per heavy atom. The summed E-state index contributed by atoms with van der Waals surface area (Å²) in [6.07, 6.45) is 1.72. The lowest BCUT2D eigenvalue weighted by Crippen LogP contribution is -2.47. The van der Waals surface area contributed by atoms with Crippen LogP contribution in [0.5, 0.6) is 0 Å². The van der Waals surface area contributed by atoms with Gasteiger partial charge in [-0.25, -0.2) is 13.5 Å². The fourth-order valence-corrected chi connectivity index (χ4v) is 3.81. The van der Waals surface area contributed by atoms with E-state index in [1.54, 1.807) is 6.20 Å². The maximum Gasteiger partial charge on any atom is 0.129 e. The average Bonchev–Trinajstić information content (AvgIpc) is 2.63. The van der Waals surface area contributed by atoms with Gasteiger partial charge in [-0.15, -0.1) is 0 Å². The topological polar surface area (TPSA) is 69.6 Å². The number of rotatable bonds is 5. The van der Waals surface area contributed by atoms with Gasteiger partial charge in [0.1, 0.15) is 11.5 Å². The van der Waals surface area contributed by atoms with Gasteiger partial charge in [0, 0.05) is 32.4 Å². The van der Waals surface area contributed by atoms with Crippen molar-refractivity contribution in [1.29, 1.82) is 0 Å². The predicted molar refractivity (Wildman–Crippen MR) is 96.4 cm³/mol. The quantitative estimate of drug-likeness (QED) is 0.870. The van der Waals surface area contributed by atoms with Crippen LogP contribution >= 0.6 is 11.6 Å². The molecule has 0 radical (unpaired) electrons. The number of pyridine rings is 2. The Kier molecular flexibility index (Phi) is 5.78. The molecule has 0 bridgehead atoms. The summed E-state index contributed by atoms with van der Waals surface area (Å²) in [4.78, 5) is 11.1. The highest BCUT2D eigenvalue weighted by Crippen LogP contribution is 2.27. The van der Waals surface area contributed by atoms with E-state index in [0.717, 1.165) is 24.6 Å². The zero-order chi connectivity index (χ0) is 16.9. The summed E-state index contributed by atoms with van der Waals surface area (Å²) < 4.78 is 13.8. The molecule has 6 nitrogen and oxygen atoms in total. The van der Waals surface area contributed by atoms with Gasteiger partial charge in [-0.2, -0.15) is 0 Å². The fraction of sp³-hybridized carbons (Fsp3) is 0.375. The number of anilines is 1. The molecule has 1 N–H and O–H groups in total. The maximum absolute atomic E-state index is 11.9. The molecule has 1 fully saturated rings. The van der Waals surface area contributed by atoms with Crippen molar-refractivity contribution in [3.63, 3.8) is 0 Å². The van der Waals surface area contributed by atoms with Crippen LogP contribution in [0.1, 0.15) is 0 Å². The van der Waals surface area contributed by atoms with Gasteiger partial charge in [0.2, 0.25) is 0 Å². The molecule has 3 heterocycles. The number of aliphatic hydroxyl groups excluding tert-OH is 1. The number of piperazine rings is 1. The van der Waals surface area contributed by atoms with Crippen LogP contribution in [0.3, 0.4) is 0 Å². The molecule has 0 amide bonds. The molecule has 1 unspecified atom stereocenters. The number of hydrogen-bond acceptors (Lipinski definition) is 5. The van der Waals surface area contributed by atoms with Gasteiger partial charge < -0.3 is 10.0 Å². The Morgan fingerprint density at radius 3 is 2.62 bits per heavy atom. The van der Waals surface area contributed by atoms with E-state index >= 15 is 0 Å². The Hall–Kier alpha value is -1.54. The summed E-state index contributed by atoms with van der Waals surface area (Å²) in [5.41, 5.74) is 1.41. The van der Waals surface area contributed by atoms with Crippen molar-refractivity contribution in [1.82, 2.24) is 14.3 Å². The summed E-state index contributed by atoms with van der Waals surface area (Å²) in [6.45, 7) is 2.76. The van der Waals surface area contributed by atoms with Crippen LogP contribution in [0, 0.1) is 0 Å². The van der Waals surface area contributed by atoms with Gasteiger partial charge in [0.05, 0.1) is 34.1 Å². The zero-order valence-electron chi connectivity index (χ0n) is 13.1. The van der Waals surface area contributed by atoms with E-state index in [2.05, 4.69) is 14.9 Å². The Bertz CT molecular complexity index is 708. The van der Waals surface area contributed by atoms with Gasteiger partial charge >= 0.3 is 0 Å². The minimum atomic E-state index is -1.11. The summed E-state index contributed by atoms with van der Waals surface area (Å²) in [7, 11) is -1.11. The smallest absolute Gasteiger partial charge is 0.129 e. The molecule has 0 aromatic carbocycles. The molecule has 24 heavy (non-hydrogen) atoms. The predicted octanol–water partition coefficient (Wildman–Crippen LogP) is 1.57. The first-order valence-corrected chi connectivity index (χ1v) is 9.41. The van der Waals surface area contributed by atoms with E-state index in [4.69, 9.17) is 16.7 Å². The third kappa shape index (κ3) is 3.92. The van der Waals surface area contributed by atoms with Crippen LogP contribution in [0.2, 0.25) is 5.02 Å². The number of aromatic nitrogens is 2. The SMILES string of the molecule is O=S(CCO)N1CCN(c2ccc(Cl)c(-c3ccccn3)n2)CC1.